The van der Waals surface area contributed by atoms with Crippen molar-refractivity contribution in [2.24, 2.45) is 0 Å². The molecule has 0 aliphatic carbocycles. The van der Waals surface area contributed by atoms with Crippen LogP contribution in [0.15, 0.2) is 78.6 Å². The lowest BCUT2D eigenvalue weighted by Gasteiger charge is -2.08. The Balaban J connectivity index is 1.98. The molecule has 4 rings (SSSR count). The molecule has 2 heterocycles. The first-order valence-electron chi connectivity index (χ1n) is 7.82. The van der Waals surface area contributed by atoms with Crippen molar-refractivity contribution in [3.8, 4) is 22.4 Å². The molecule has 0 bridgehead atoms. The zero-order valence-corrected chi connectivity index (χ0v) is 13.0. The summed E-state index contributed by atoms with van der Waals surface area (Å²) in [6.45, 7) is 2.53. The van der Waals surface area contributed by atoms with E-state index < -0.39 is 0 Å². The van der Waals surface area contributed by atoms with Crippen LogP contribution in [0.4, 0.5) is 0 Å². The molecule has 2 nitrogen and oxygen atoms in total. The van der Waals surface area contributed by atoms with E-state index in [1.807, 2.05) is 31.2 Å². The summed E-state index contributed by atoms with van der Waals surface area (Å²) in [5.41, 5.74) is 6.69. The fourth-order valence-electron chi connectivity index (χ4n) is 3.16. The zero-order valence-electron chi connectivity index (χ0n) is 13.0. The second-order valence-electron chi connectivity index (χ2n) is 5.90. The van der Waals surface area contributed by atoms with Crippen LogP contribution in [0.3, 0.4) is 0 Å². The predicted molar refractivity (Wildman–Crippen MR) is 92.7 cm³/mol. The van der Waals surface area contributed by atoms with Crippen LogP contribution in [0.25, 0.3) is 28.0 Å². The largest absolute Gasteiger partial charge is 0.506 e. The highest BCUT2D eigenvalue weighted by molar-refractivity contribution is 5.74. The quantitative estimate of drug-likeness (QED) is 0.687. The third kappa shape index (κ3) is 2.33. The highest BCUT2D eigenvalue weighted by atomic mass is 16.3. The third-order valence-electron chi connectivity index (χ3n) is 4.47. The molecule has 0 atom stereocenters. The lowest BCUT2D eigenvalue weighted by Crippen LogP contribution is -2.37. The Morgan fingerprint density at radius 2 is 1.30 bits per heavy atom. The van der Waals surface area contributed by atoms with Gasteiger partial charge in [-0.2, -0.15) is 4.57 Å². The smallest absolute Gasteiger partial charge is 0.214 e. The number of hydrogen-bond donors (Lipinski definition) is 1. The normalized spacial score (nSPS) is 13.3. The van der Waals surface area contributed by atoms with Crippen LogP contribution in [0.1, 0.15) is 12.6 Å². The maximum Gasteiger partial charge on any atom is 0.214 e. The maximum absolute atomic E-state index is 10.2. The fraction of sp³-hybridized carbons (Fsp3) is 0.0952. The molecule has 0 spiro atoms. The van der Waals surface area contributed by atoms with Crippen molar-refractivity contribution in [2.45, 2.75) is 13.5 Å². The first-order valence-corrected chi connectivity index (χ1v) is 7.82. The number of nitrogens with zero attached hydrogens (tertiary/aromatic N) is 1. The molecule has 23 heavy (non-hydrogen) atoms. The van der Waals surface area contributed by atoms with E-state index in [0.717, 1.165) is 22.5 Å². The van der Waals surface area contributed by atoms with E-state index in [1.165, 1.54) is 11.1 Å². The van der Waals surface area contributed by atoms with Gasteiger partial charge >= 0.3 is 0 Å². The van der Waals surface area contributed by atoms with Crippen molar-refractivity contribution < 1.29 is 9.67 Å². The average Bonchev–Trinajstić information content (AvgIpc) is 2.90. The summed E-state index contributed by atoms with van der Waals surface area (Å²) in [5, 5.41) is 10.2. The van der Waals surface area contributed by atoms with Crippen LogP contribution in [0.2, 0.25) is 0 Å². The SMILES string of the molecule is CC1=C(O)C[n+]2c1cc(-c1ccccc1)cc2-c1ccccc1. The van der Waals surface area contributed by atoms with Crippen molar-refractivity contribution in [1.29, 1.82) is 0 Å². The monoisotopic (exact) mass is 300 g/mol. The molecule has 112 valence electrons. The highest BCUT2D eigenvalue weighted by Crippen LogP contribution is 2.30. The van der Waals surface area contributed by atoms with Gasteiger partial charge in [-0.05, 0) is 30.2 Å². The summed E-state index contributed by atoms with van der Waals surface area (Å²) in [5.74, 6) is 0.451. The number of fused-ring (bicyclic) bond motifs is 1. The number of hydrogen-bond acceptors (Lipinski definition) is 1. The van der Waals surface area contributed by atoms with Crippen LogP contribution in [-0.2, 0) is 6.54 Å². The molecule has 1 aromatic heterocycles. The number of rotatable bonds is 2. The number of pyridine rings is 1. The van der Waals surface area contributed by atoms with E-state index >= 15 is 0 Å². The fourth-order valence-corrected chi connectivity index (χ4v) is 3.16. The molecule has 0 fully saturated rings. The molecular formula is C21H18NO+. The first kappa shape index (κ1) is 13.8. The molecule has 0 saturated carbocycles. The van der Waals surface area contributed by atoms with Crippen molar-refractivity contribution >= 4 is 5.57 Å². The molecule has 0 amide bonds. The van der Waals surface area contributed by atoms with Crippen LogP contribution >= 0.6 is 0 Å². The summed E-state index contributed by atoms with van der Waals surface area (Å²) in [6, 6.07) is 25.1. The van der Waals surface area contributed by atoms with Crippen molar-refractivity contribution in [3.63, 3.8) is 0 Å². The van der Waals surface area contributed by atoms with Crippen molar-refractivity contribution in [1.82, 2.24) is 0 Å². The number of aromatic nitrogens is 1. The van der Waals surface area contributed by atoms with Gasteiger partial charge in [0.15, 0.2) is 5.76 Å². The standard InChI is InChI=1S/C21H17NO/c1-15-19-12-18(16-8-4-2-5-9-16)13-20(22(19)14-21(15)23)17-10-6-3-7-11-17/h2-13H,14H2,1H3/p+1. The van der Waals surface area contributed by atoms with Crippen molar-refractivity contribution in [3.05, 3.63) is 84.2 Å². The molecule has 1 N–H and O–H groups in total. The lowest BCUT2D eigenvalue weighted by atomic mass is 10.0. The number of benzene rings is 2. The molecule has 1 aliphatic rings. The zero-order chi connectivity index (χ0) is 15.8. The van der Waals surface area contributed by atoms with Gasteiger partial charge in [0, 0.05) is 17.7 Å². The Hall–Kier alpha value is -2.87. The molecule has 1 aliphatic heterocycles. The molecule has 2 aromatic carbocycles. The minimum Gasteiger partial charge on any atom is -0.506 e. The molecule has 3 aromatic rings. The van der Waals surface area contributed by atoms with Gasteiger partial charge < -0.3 is 5.11 Å². The van der Waals surface area contributed by atoms with Gasteiger partial charge in [0.05, 0.1) is 5.57 Å². The average molecular weight is 300 g/mol. The van der Waals surface area contributed by atoms with Gasteiger partial charge in [0.25, 0.3) is 0 Å². The summed E-state index contributed by atoms with van der Waals surface area (Å²) in [6.07, 6.45) is 0. The number of allylic oxidation sites excluding steroid dienone is 2. The Kier molecular flexibility index (Phi) is 3.23. The second-order valence-corrected chi connectivity index (χ2v) is 5.90. The van der Waals surface area contributed by atoms with E-state index in [1.54, 1.807) is 0 Å². The Labute approximate surface area is 136 Å². The van der Waals surface area contributed by atoms with Gasteiger partial charge in [0.2, 0.25) is 17.9 Å². The lowest BCUT2D eigenvalue weighted by molar-refractivity contribution is -0.677. The topological polar surface area (TPSA) is 24.1 Å². The Morgan fingerprint density at radius 1 is 0.739 bits per heavy atom. The van der Waals surface area contributed by atoms with Gasteiger partial charge in [-0.15, -0.1) is 0 Å². The Bertz CT molecular complexity index is 896. The van der Waals surface area contributed by atoms with Crippen LogP contribution in [0, 0.1) is 0 Å². The van der Waals surface area contributed by atoms with Gasteiger partial charge in [-0.25, -0.2) is 0 Å². The number of aliphatic hydroxyl groups is 1. The third-order valence-corrected chi connectivity index (χ3v) is 4.47. The molecule has 2 heteroatoms. The Morgan fingerprint density at radius 3 is 1.96 bits per heavy atom. The van der Waals surface area contributed by atoms with E-state index in [9.17, 15) is 5.11 Å². The van der Waals surface area contributed by atoms with E-state index in [2.05, 4.69) is 53.1 Å². The molecule has 0 unspecified atom stereocenters. The summed E-state index contributed by atoms with van der Waals surface area (Å²) >= 11 is 0. The van der Waals surface area contributed by atoms with E-state index in [-0.39, 0.29) is 0 Å². The second kappa shape index (κ2) is 5.40. The van der Waals surface area contributed by atoms with Crippen LogP contribution in [-0.4, -0.2) is 5.11 Å². The van der Waals surface area contributed by atoms with Crippen molar-refractivity contribution in [2.75, 3.05) is 0 Å². The number of aliphatic hydroxyl groups excluding tert-OH is 1. The molecule has 0 saturated heterocycles. The van der Waals surface area contributed by atoms with Gasteiger partial charge in [-0.1, -0.05) is 48.5 Å². The highest BCUT2D eigenvalue weighted by Gasteiger charge is 2.30. The summed E-state index contributed by atoms with van der Waals surface area (Å²) in [4.78, 5) is 0. The van der Waals surface area contributed by atoms with E-state index in [0.29, 0.717) is 12.3 Å². The molecule has 0 radical (unpaired) electrons. The predicted octanol–water partition coefficient (Wildman–Crippen LogP) is 4.61. The molecular weight excluding hydrogens is 282 g/mol. The maximum atomic E-state index is 10.2. The summed E-state index contributed by atoms with van der Waals surface area (Å²) in [7, 11) is 0. The minimum atomic E-state index is 0.451. The summed E-state index contributed by atoms with van der Waals surface area (Å²) < 4.78 is 2.19. The minimum absolute atomic E-state index is 0.451. The first-order chi connectivity index (χ1) is 11.2. The van der Waals surface area contributed by atoms with Crippen LogP contribution < -0.4 is 4.57 Å². The van der Waals surface area contributed by atoms with Crippen LogP contribution in [0.5, 0.6) is 0 Å². The van der Waals surface area contributed by atoms with Gasteiger partial charge in [0.1, 0.15) is 0 Å². The van der Waals surface area contributed by atoms with E-state index in [4.69, 9.17) is 0 Å². The van der Waals surface area contributed by atoms with Gasteiger partial charge in [-0.3, -0.25) is 0 Å².